The lowest BCUT2D eigenvalue weighted by Crippen LogP contribution is -2.60. The van der Waals surface area contributed by atoms with Crippen LogP contribution in [0.3, 0.4) is 0 Å². The molecule has 2 heterocycles. The molecule has 0 spiro atoms. The molecule has 3 fully saturated rings. The number of rotatable bonds is 5. The minimum absolute atomic E-state index is 0.0403. The first kappa shape index (κ1) is 30.8. The van der Waals surface area contributed by atoms with E-state index < -0.39 is 67.8 Å². The first-order valence-electron chi connectivity index (χ1n) is 14.5. The highest BCUT2D eigenvalue weighted by Crippen LogP contribution is 2.66. The molecule has 11 nitrogen and oxygen atoms in total. The van der Waals surface area contributed by atoms with Crippen LogP contribution >= 0.6 is 23.2 Å². The van der Waals surface area contributed by atoms with Gasteiger partial charge in [0.2, 0.25) is 11.8 Å². The third-order valence-electron chi connectivity index (χ3n) is 9.75. The van der Waals surface area contributed by atoms with Crippen molar-refractivity contribution in [3.8, 4) is 11.5 Å². The molecule has 7 rings (SSSR count). The van der Waals surface area contributed by atoms with Crippen molar-refractivity contribution in [2.75, 3.05) is 16.9 Å². The highest BCUT2D eigenvalue weighted by molar-refractivity contribution is 6.58. The third kappa shape index (κ3) is 4.17. The Morgan fingerprint density at radius 2 is 1.55 bits per heavy atom. The van der Waals surface area contributed by atoms with Gasteiger partial charge in [0.25, 0.3) is 17.5 Å². The zero-order valence-electron chi connectivity index (χ0n) is 24.4. The van der Waals surface area contributed by atoms with E-state index in [0.29, 0.717) is 11.1 Å². The SMILES string of the molecule is COc1ccc(C2C3=CCC4C(=O)N(c5ccc([N+](=O)[O-])cc5)C(=O)C4C3CC3(Cl)C(=O)N(c4ccc(F)cc4)C(=O)C23Cl)cc1O. The van der Waals surface area contributed by atoms with Crippen LogP contribution in [0, 0.1) is 33.7 Å². The van der Waals surface area contributed by atoms with E-state index >= 15 is 0 Å². The number of fused-ring (bicyclic) bond motifs is 4. The molecule has 0 aromatic heterocycles. The topological polar surface area (TPSA) is 147 Å². The Kier molecular flexibility index (Phi) is 6.96. The van der Waals surface area contributed by atoms with Crippen LogP contribution in [0.4, 0.5) is 21.5 Å². The Bertz CT molecular complexity index is 1940. The van der Waals surface area contributed by atoms with Gasteiger partial charge in [0.1, 0.15) is 5.82 Å². The van der Waals surface area contributed by atoms with Crippen molar-refractivity contribution in [2.45, 2.75) is 28.5 Å². The summed E-state index contributed by atoms with van der Waals surface area (Å²) in [5, 5.41) is 21.9. The number of carbonyl (C=O) groups excluding carboxylic acids is 4. The minimum Gasteiger partial charge on any atom is -0.504 e. The number of nitrogens with zero attached hydrogens (tertiary/aromatic N) is 3. The van der Waals surface area contributed by atoms with Crippen LogP contribution in [0.25, 0.3) is 0 Å². The normalized spacial score (nSPS) is 29.7. The molecule has 3 aromatic carbocycles. The van der Waals surface area contributed by atoms with Crippen molar-refractivity contribution >= 4 is 63.9 Å². The highest BCUT2D eigenvalue weighted by atomic mass is 35.5. The number of imide groups is 2. The Morgan fingerprint density at radius 1 is 0.915 bits per heavy atom. The Hall–Kier alpha value is -4.81. The van der Waals surface area contributed by atoms with Crippen LogP contribution in [0.5, 0.6) is 11.5 Å². The van der Waals surface area contributed by atoms with Gasteiger partial charge in [-0.15, -0.1) is 23.2 Å². The summed E-state index contributed by atoms with van der Waals surface area (Å²) in [6.07, 6.45) is 1.54. The van der Waals surface area contributed by atoms with Gasteiger partial charge in [-0.2, -0.15) is 0 Å². The molecule has 6 unspecified atom stereocenters. The molecule has 0 bridgehead atoms. The van der Waals surface area contributed by atoms with Crippen LogP contribution in [0.15, 0.2) is 78.4 Å². The zero-order valence-corrected chi connectivity index (χ0v) is 25.9. The zero-order chi connectivity index (χ0) is 33.6. The fraction of sp³-hybridized carbons (Fsp3) is 0.273. The number of allylic oxidation sites excluding steroid dienone is 2. The van der Waals surface area contributed by atoms with E-state index in [-0.39, 0.29) is 41.4 Å². The lowest BCUT2D eigenvalue weighted by atomic mass is 9.56. The molecule has 14 heteroatoms. The lowest BCUT2D eigenvalue weighted by Gasteiger charge is -2.50. The lowest BCUT2D eigenvalue weighted by molar-refractivity contribution is -0.384. The molecule has 2 aliphatic carbocycles. The van der Waals surface area contributed by atoms with Gasteiger partial charge in [0, 0.05) is 18.1 Å². The number of alkyl halides is 2. The smallest absolute Gasteiger partial charge is 0.269 e. The number of amides is 4. The van der Waals surface area contributed by atoms with E-state index in [4.69, 9.17) is 27.9 Å². The van der Waals surface area contributed by atoms with Gasteiger partial charge < -0.3 is 9.84 Å². The number of benzene rings is 3. The molecule has 4 aliphatic rings. The average molecular weight is 680 g/mol. The third-order valence-corrected chi connectivity index (χ3v) is 11.2. The summed E-state index contributed by atoms with van der Waals surface area (Å²) in [6, 6.07) is 14.1. The average Bonchev–Trinajstić information content (AvgIpc) is 3.39. The summed E-state index contributed by atoms with van der Waals surface area (Å²) in [5.74, 6) is -7.44. The number of anilines is 2. The molecule has 1 saturated carbocycles. The van der Waals surface area contributed by atoms with Crippen LogP contribution in [-0.2, 0) is 19.2 Å². The molecule has 2 aliphatic heterocycles. The molecule has 2 saturated heterocycles. The predicted octanol–water partition coefficient (Wildman–Crippen LogP) is 5.22. The van der Waals surface area contributed by atoms with Gasteiger partial charge in [-0.3, -0.25) is 34.2 Å². The van der Waals surface area contributed by atoms with Crippen LogP contribution in [-0.4, -0.2) is 50.5 Å². The second-order valence-corrected chi connectivity index (χ2v) is 13.2. The van der Waals surface area contributed by atoms with Crippen molar-refractivity contribution in [1.29, 1.82) is 0 Å². The molecular weight excluding hydrogens is 656 g/mol. The molecule has 47 heavy (non-hydrogen) atoms. The summed E-state index contributed by atoms with van der Waals surface area (Å²) in [4.78, 5) is 64.6. The summed E-state index contributed by atoms with van der Waals surface area (Å²) in [5.41, 5.74) is 0.777. The van der Waals surface area contributed by atoms with Gasteiger partial charge in [-0.05, 0) is 72.9 Å². The maximum atomic E-state index is 14.4. The summed E-state index contributed by atoms with van der Waals surface area (Å²) < 4.78 is 19.0. The predicted molar refractivity (Wildman–Crippen MR) is 167 cm³/mol. The van der Waals surface area contributed by atoms with E-state index in [1.54, 1.807) is 12.1 Å². The van der Waals surface area contributed by atoms with Crippen molar-refractivity contribution in [2.24, 2.45) is 17.8 Å². The van der Waals surface area contributed by atoms with E-state index in [9.17, 15) is 38.8 Å². The summed E-state index contributed by atoms with van der Waals surface area (Å²) in [7, 11) is 1.36. The van der Waals surface area contributed by atoms with Crippen molar-refractivity contribution in [3.63, 3.8) is 0 Å². The number of ether oxygens (including phenoxy) is 1. The quantitative estimate of drug-likeness (QED) is 0.127. The number of non-ortho nitro benzene ring substituents is 1. The molecular formula is C33H24Cl2FN3O8. The number of hydrogen-bond acceptors (Lipinski definition) is 8. The van der Waals surface area contributed by atoms with Gasteiger partial charge in [0.15, 0.2) is 21.2 Å². The first-order chi connectivity index (χ1) is 22.3. The van der Waals surface area contributed by atoms with Crippen LogP contribution < -0.4 is 14.5 Å². The fourth-order valence-electron chi connectivity index (χ4n) is 7.64. The highest BCUT2D eigenvalue weighted by Gasteiger charge is 2.76. The van der Waals surface area contributed by atoms with Gasteiger partial charge in [0.05, 0.1) is 35.2 Å². The number of nitro benzene ring substituents is 1. The number of hydrogen-bond donors (Lipinski definition) is 1. The van der Waals surface area contributed by atoms with Gasteiger partial charge in [-0.1, -0.05) is 17.7 Å². The first-order valence-corrected chi connectivity index (χ1v) is 15.3. The van der Waals surface area contributed by atoms with Gasteiger partial charge in [-0.25, -0.2) is 9.29 Å². The Balaban J connectivity index is 1.37. The molecule has 4 amide bonds. The number of carbonyl (C=O) groups is 4. The second kappa shape index (κ2) is 10.6. The molecule has 6 atom stereocenters. The Morgan fingerprint density at radius 3 is 2.17 bits per heavy atom. The van der Waals surface area contributed by atoms with E-state index in [0.717, 1.165) is 21.9 Å². The number of phenolic OH excluding ortho intramolecular Hbond substituents is 1. The van der Waals surface area contributed by atoms with Crippen molar-refractivity contribution in [3.05, 3.63) is 99.9 Å². The molecule has 240 valence electrons. The largest absolute Gasteiger partial charge is 0.504 e. The van der Waals surface area contributed by atoms with Crippen molar-refractivity contribution in [1.82, 2.24) is 0 Å². The van der Waals surface area contributed by atoms with E-state index in [2.05, 4.69) is 0 Å². The summed E-state index contributed by atoms with van der Waals surface area (Å²) >= 11 is 14.6. The van der Waals surface area contributed by atoms with Crippen molar-refractivity contribution < 1.29 is 38.3 Å². The fourth-order valence-corrected chi connectivity index (χ4v) is 8.57. The van der Waals surface area contributed by atoms with E-state index in [1.807, 2.05) is 0 Å². The maximum Gasteiger partial charge on any atom is 0.269 e. The number of nitro groups is 1. The number of halogens is 3. The van der Waals surface area contributed by atoms with Crippen LogP contribution in [0.2, 0.25) is 0 Å². The standard InChI is InChI=1S/C33H24Cl2FN3O8/c1-47-25-13-2-16(14-24(25)40)27-21-11-12-22-26(29(42)37(28(22)41)18-7-9-20(10-8-18)39(45)46)23(21)15-32(34)30(43)38(31(44)33(27,32)35)19-5-3-17(36)4-6-19/h2-11,13-14,22-23,26-27,40H,12,15H2,1H3. The monoisotopic (exact) mass is 679 g/mol. The molecule has 3 aromatic rings. The Labute approximate surface area is 276 Å². The number of methoxy groups -OCH3 is 1. The molecule has 0 radical (unpaired) electrons. The number of phenols is 1. The molecule has 1 N–H and O–H groups in total. The maximum absolute atomic E-state index is 14.4. The van der Waals surface area contributed by atoms with Crippen LogP contribution in [0.1, 0.15) is 24.3 Å². The van der Waals surface area contributed by atoms with Gasteiger partial charge >= 0.3 is 0 Å². The minimum atomic E-state index is -2.17. The number of aromatic hydroxyl groups is 1. The second-order valence-electron chi connectivity index (χ2n) is 12.0. The van der Waals surface area contributed by atoms with E-state index in [1.165, 1.54) is 55.6 Å². The summed E-state index contributed by atoms with van der Waals surface area (Å²) in [6.45, 7) is 0.